The Morgan fingerprint density at radius 2 is 1.19 bits per heavy atom. The molecule has 0 saturated carbocycles. The molecule has 2 fully saturated rings. The van der Waals surface area contributed by atoms with Crippen molar-refractivity contribution in [2.75, 3.05) is 19.8 Å². The third-order valence-corrected chi connectivity index (χ3v) is 10.2. The molecule has 2 rings (SSSR count). The number of rotatable bonds is 30. The first kappa shape index (κ1) is 51.8. The van der Waals surface area contributed by atoms with Crippen LogP contribution in [0.15, 0.2) is 60.8 Å². The van der Waals surface area contributed by atoms with Crippen molar-refractivity contribution in [3.05, 3.63) is 60.8 Å². The van der Waals surface area contributed by atoms with E-state index in [1.807, 2.05) is 6.92 Å². The Morgan fingerprint density at radius 3 is 1.79 bits per heavy atom. The van der Waals surface area contributed by atoms with Gasteiger partial charge in [0.2, 0.25) is 5.91 Å². The summed E-state index contributed by atoms with van der Waals surface area (Å²) >= 11 is 0. The molecule has 2 aliphatic heterocycles. The number of carbonyl (C=O) groups excluding carboxylic acids is 1. The van der Waals surface area contributed by atoms with Crippen LogP contribution in [-0.2, 0) is 23.7 Å². The molecule has 0 aliphatic carbocycles. The van der Waals surface area contributed by atoms with Crippen LogP contribution in [-0.4, -0.2) is 140 Å². The van der Waals surface area contributed by atoms with E-state index in [0.29, 0.717) is 12.8 Å². The highest BCUT2D eigenvalue weighted by molar-refractivity contribution is 5.76. The minimum absolute atomic E-state index is 0.242. The monoisotopic (exact) mass is 826 g/mol. The van der Waals surface area contributed by atoms with Crippen LogP contribution < -0.4 is 5.32 Å². The molecule has 1 amide bonds. The molecule has 12 atom stereocenters. The van der Waals surface area contributed by atoms with Gasteiger partial charge in [0.25, 0.3) is 0 Å². The number of aliphatic hydroxyl groups excluding tert-OH is 8. The van der Waals surface area contributed by atoms with E-state index in [1.165, 1.54) is 0 Å². The van der Waals surface area contributed by atoms with Gasteiger partial charge in [-0.15, -0.1) is 0 Å². The third kappa shape index (κ3) is 19.8. The number of allylic oxidation sites excluding steroid dienone is 10. The van der Waals surface area contributed by atoms with Gasteiger partial charge in [-0.25, -0.2) is 0 Å². The molecule has 0 spiro atoms. The summed E-state index contributed by atoms with van der Waals surface area (Å²) in [7, 11) is 0. The zero-order valence-electron chi connectivity index (χ0n) is 34.8. The van der Waals surface area contributed by atoms with Gasteiger partial charge in [-0.1, -0.05) is 113 Å². The molecule has 0 bridgehead atoms. The van der Waals surface area contributed by atoms with Gasteiger partial charge in [0, 0.05) is 6.42 Å². The van der Waals surface area contributed by atoms with Crippen LogP contribution in [0, 0.1) is 0 Å². The molecular formula is C44H75NO13. The minimum Gasteiger partial charge on any atom is -0.394 e. The highest BCUT2D eigenvalue weighted by atomic mass is 16.7. The van der Waals surface area contributed by atoms with E-state index in [4.69, 9.17) is 18.9 Å². The van der Waals surface area contributed by atoms with Gasteiger partial charge in [-0.05, 0) is 57.8 Å². The van der Waals surface area contributed by atoms with Gasteiger partial charge in [0.15, 0.2) is 12.6 Å². The lowest BCUT2D eigenvalue weighted by molar-refractivity contribution is -0.359. The van der Waals surface area contributed by atoms with Crippen molar-refractivity contribution >= 4 is 5.91 Å². The van der Waals surface area contributed by atoms with Gasteiger partial charge < -0.3 is 65.1 Å². The van der Waals surface area contributed by atoms with Crippen molar-refractivity contribution in [2.24, 2.45) is 0 Å². The Balaban J connectivity index is 1.74. The summed E-state index contributed by atoms with van der Waals surface area (Å²) in [5.74, 6) is -0.242. The Kier molecular flexibility index (Phi) is 28.2. The van der Waals surface area contributed by atoms with E-state index >= 15 is 0 Å². The Morgan fingerprint density at radius 1 is 0.638 bits per heavy atom. The zero-order valence-corrected chi connectivity index (χ0v) is 34.8. The second-order valence-corrected chi connectivity index (χ2v) is 15.1. The van der Waals surface area contributed by atoms with E-state index < -0.39 is 86.8 Å². The fraction of sp³-hybridized carbons (Fsp3) is 0.750. The average molecular weight is 826 g/mol. The highest BCUT2D eigenvalue weighted by Gasteiger charge is 2.50. The van der Waals surface area contributed by atoms with Crippen LogP contribution in [0.2, 0.25) is 0 Å². The van der Waals surface area contributed by atoms with Crippen molar-refractivity contribution in [1.82, 2.24) is 5.32 Å². The van der Waals surface area contributed by atoms with E-state index in [0.717, 1.165) is 83.5 Å². The summed E-state index contributed by atoms with van der Waals surface area (Å²) in [6.45, 7) is 2.50. The summed E-state index contributed by atoms with van der Waals surface area (Å²) in [6, 6.07) is -0.837. The first-order valence-corrected chi connectivity index (χ1v) is 21.5. The molecule has 12 unspecified atom stereocenters. The fourth-order valence-corrected chi connectivity index (χ4v) is 6.67. The molecule has 58 heavy (non-hydrogen) atoms. The molecule has 2 aliphatic rings. The Bertz CT molecular complexity index is 1210. The van der Waals surface area contributed by atoms with Gasteiger partial charge in [0.1, 0.15) is 48.8 Å². The van der Waals surface area contributed by atoms with E-state index in [2.05, 4.69) is 73.0 Å². The lowest BCUT2D eigenvalue weighted by Crippen LogP contribution is -2.65. The third-order valence-electron chi connectivity index (χ3n) is 10.2. The molecule has 9 N–H and O–H groups in total. The number of nitrogens with one attached hydrogen (secondary N) is 1. The summed E-state index contributed by atoms with van der Waals surface area (Å²) in [6.07, 6.45) is 19.1. The highest BCUT2D eigenvalue weighted by Crippen LogP contribution is 2.30. The average Bonchev–Trinajstić information content (AvgIpc) is 3.22. The Labute approximate surface area is 345 Å². The number of unbranched alkanes of at least 4 members (excludes halogenated alkanes) is 7. The van der Waals surface area contributed by atoms with Gasteiger partial charge in [0.05, 0.1) is 32.0 Å². The molecule has 14 heteroatoms. The molecule has 2 heterocycles. The number of hydrogen-bond donors (Lipinski definition) is 9. The standard InChI is InChI=1S/C44H75NO13/c1-3-5-7-8-9-10-11-12-13-14-15-16-17-18-19-20-21-22-23-24-26-28-36(49)45-32(33(48)27-25-6-4-2)31-55-43-41(54)39(52)42(35(30-47)57-43)58-44-40(53)38(51)37(50)34(29-46)56-44/h5,7,9-10,12-13,15-16,18-19,32-35,37-44,46-48,50-54H,3-4,6,8,11,14,17,20-31H2,1-2H3,(H,45,49)/b7-5-,10-9-,13-12-,16-15-,19-18-. The van der Waals surface area contributed by atoms with Crippen molar-refractivity contribution in [2.45, 2.75) is 190 Å². The fourth-order valence-electron chi connectivity index (χ4n) is 6.67. The lowest BCUT2D eigenvalue weighted by atomic mass is 9.97. The van der Waals surface area contributed by atoms with Crippen LogP contribution >= 0.6 is 0 Å². The molecule has 0 aromatic heterocycles. The molecule has 0 aromatic rings. The van der Waals surface area contributed by atoms with E-state index in [9.17, 15) is 45.6 Å². The number of aliphatic hydroxyl groups is 8. The summed E-state index contributed by atoms with van der Waals surface area (Å²) in [5.41, 5.74) is 0. The van der Waals surface area contributed by atoms with Crippen molar-refractivity contribution in [3.63, 3.8) is 0 Å². The van der Waals surface area contributed by atoms with E-state index in [1.54, 1.807) is 0 Å². The van der Waals surface area contributed by atoms with Gasteiger partial charge in [-0.2, -0.15) is 0 Å². The topological polar surface area (TPSA) is 228 Å². The van der Waals surface area contributed by atoms with Gasteiger partial charge >= 0.3 is 0 Å². The Hall–Kier alpha value is -2.31. The normalized spacial score (nSPS) is 29.4. The second-order valence-electron chi connectivity index (χ2n) is 15.1. The summed E-state index contributed by atoms with van der Waals surface area (Å²) < 4.78 is 22.4. The molecular weight excluding hydrogens is 750 g/mol. The first-order chi connectivity index (χ1) is 28.1. The van der Waals surface area contributed by atoms with Crippen LogP contribution in [0.25, 0.3) is 0 Å². The predicted molar refractivity (Wildman–Crippen MR) is 221 cm³/mol. The van der Waals surface area contributed by atoms with Crippen molar-refractivity contribution < 1.29 is 64.6 Å². The molecule has 14 nitrogen and oxygen atoms in total. The van der Waals surface area contributed by atoms with E-state index in [-0.39, 0.29) is 18.9 Å². The molecule has 0 aromatic carbocycles. The number of hydrogen-bond acceptors (Lipinski definition) is 13. The number of carbonyl (C=O) groups is 1. The van der Waals surface area contributed by atoms with Crippen molar-refractivity contribution in [1.29, 1.82) is 0 Å². The largest absolute Gasteiger partial charge is 0.394 e. The maximum Gasteiger partial charge on any atom is 0.220 e. The predicted octanol–water partition coefficient (Wildman–Crippen LogP) is 3.54. The summed E-state index contributed by atoms with van der Waals surface area (Å²) in [5, 5.41) is 85.8. The quantitative estimate of drug-likeness (QED) is 0.0374. The maximum atomic E-state index is 12.9. The maximum absolute atomic E-state index is 12.9. The summed E-state index contributed by atoms with van der Waals surface area (Å²) in [4.78, 5) is 12.9. The molecule has 2 saturated heterocycles. The second kappa shape index (κ2) is 31.5. The smallest absolute Gasteiger partial charge is 0.220 e. The molecule has 0 radical (unpaired) electrons. The van der Waals surface area contributed by atoms with Crippen LogP contribution in [0.4, 0.5) is 0 Å². The van der Waals surface area contributed by atoms with Gasteiger partial charge in [-0.3, -0.25) is 4.79 Å². The van der Waals surface area contributed by atoms with Crippen LogP contribution in [0.3, 0.4) is 0 Å². The van der Waals surface area contributed by atoms with Crippen molar-refractivity contribution in [3.8, 4) is 0 Å². The number of ether oxygens (including phenoxy) is 4. The first-order valence-electron chi connectivity index (χ1n) is 21.5. The zero-order chi connectivity index (χ0) is 42.5. The van der Waals surface area contributed by atoms with Crippen LogP contribution in [0.1, 0.15) is 117 Å². The SMILES string of the molecule is CC/C=C\C/C=C\C/C=C\C/C=C\C/C=C\CCCCCCCC(=O)NC(COC1OC(CO)C(OC2OC(CO)C(O)C(O)C2O)C(O)C1O)C(O)CCCCC. The van der Waals surface area contributed by atoms with Crippen LogP contribution in [0.5, 0.6) is 0 Å². The minimum atomic E-state index is -1.78. The lowest BCUT2D eigenvalue weighted by Gasteiger charge is -2.46. The number of amides is 1. The molecule has 334 valence electrons.